The van der Waals surface area contributed by atoms with E-state index in [-0.39, 0.29) is 29.9 Å². The summed E-state index contributed by atoms with van der Waals surface area (Å²) in [6.07, 6.45) is 15.9. The molecule has 0 saturated heterocycles. The van der Waals surface area contributed by atoms with Gasteiger partial charge >= 0.3 is 0 Å². The molecule has 0 saturated carbocycles. The first-order valence-electron chi connectivity index (χ1n) is 9.32. The molecule has 0 aromatic rings. The zero-order chi connectivity index (χ0) is 16.7. The predicted octanol–water partition coefficient (Wildman–Crippen LogP) is 2.50. The maximum atomic E-state index is 5.33. The highest BCUT2D eigenvalue weighted by Crippen LogP contribution is 2.61. The monoisotopic (exact) mass is 474 g/mol. The second-order valence-electron chi connectivity index (χ2n) is 6.41. The van der Waals surface area contributed by atoms with Crippen molar-refractivity contribution in [3.05, 3.63) is 0 Å². The fourth-order valence-electron chi connectivity index (χ4n) is 3.05. The van der Waals surface area contributed by atoms with E-state index in [0.29, 0.717) is 0 Å². The average molecular weight is 474 g/mol. The first kappa shape index (κ1) is 26.5. The largest absolute Gasteiger partial charge is 1.00 e. The molecule has 0 unspecified atom stereocenters. The van der Waals surface area contributed by atoms with Gasteiger partial charge in [-0.3, -0.25) is 0 Å². The van der Waals surface area contributed by atoms with Gasteiger partial charge in [0.1, 0.15) is 15.4 Å². The second-order valence-corrected chi connectivity index (χ2v) is 12.3. The third-order valence-corrected chi connectivity index (χ3v) is 11.0. The van der Waals surface area contributed by atoms with Gasteiger partial charge < -0.3 is 33.5 Å². The van der Waals surface area contributed by atoms with Crippen LogP contribution in [-0.2, 0) is 9.47 Å². The smallest absolute Gasteiger partial charge is 0.136 e. The molecule has 0 aromatic heterocycles. The maximum absolute atomic E-state index is 5.33. The van der Waals surface area contributed by atoms with E-state index < -0.39 is 7.26 Å². The zero-order valence-corrected chi connectivity index (χ0v) is 20.3. The van der Waals surface area contributed by atoms with Crippen molar-refractivity contribution in [1.82, 2.24) is 0 Å². The van der Waals surface area contributed by atoms with Gasteiger partial charge in [0, 0.05) is 21.5 Å². The minimum Gasteiger partial charge on any atom is -1.00 e. The van der Waals surface area contributed by atoms with Gasteiger partial charge in [0.05, 0.1) is 24.6 Å². The standard InChI is InChI=1S/C18H40O2PSi.HI/c1-6-9-13-21(14-10-7-2,15-11-8-3)16-12-17-22-18(19-4)20-5;/h18H,6-17H2,1-5H3;1H/q+1;/p-1. The summed E-state index contributed by atoms with van der Waals surface area (Å²) in [4.78, 5) is 0. The van der Waals surface area contributed by atoms with Crippen molar-refractivity contribution in [2.75, 3.05) is 38.9 Å². The molecule has 0 amide bonds. The number of hydrogen-bond acceptors (Lipinski definition) is 2. The minimum absolute atomic E-state index is 0. The van der Waals surface area contributed by atoms with Crippen LogP contribution in [0, 0.1) is 0 Å². The summed E-state index contributed by atoms with van der Waals surface area (Å²) in [5.74, 6) is 0.0228. The van der Waals surface area contributed by atoms with E-state index in [2.05, 4.69) is 20.8 Å². The average Bonchev–Trinajstić information content (AvgIpc) is 2.56. The van der Waals surface area contributed by atoms with Crippen LogP contribution < -0.4 is 24.0 Å². The third-order valence-electron chi connectivity index (χ3n) is 4.51. The van der Waals surface area contributed by atoms with Crippen molar-refractivity contribution in [3.63, 3.8) is 0 Å². The van der Waals surface area contributed by atoms with Crippen LogP contribution in [-0.4, -0.2) is 54.3 Å². The fraction of sp³-hybridized carbons (Fsp3) is 1.00. The Morgan fingerprint density at radius 3 is 1.48 bits per heavy atom. The number of unbranched alkanes of at least 4 members (excludes halogenated alkanes) is 3. The van der Waals surface area contributed by atoms with Gasteiger partial charge in [0.2, 0.25) is 0 Å². The summed E-state index contributed by atoms with van der Waals surface area (Å²) in [5.41, 5.74) is 0. The van der Waals surface area contributed by atoms with Gasteiger partial charge in [0.25, 0.3) is 0 Å². The maximum Gasteiger partial charge on any atom is 0.136 e. The molecule has 0 rings (SSSR count). The van der Waals surface area contributed by atoms with Gasteiger partial charge in [-0.15, -0.1) is 0 Å². The molecule has 0 aliphatic carbocycles. The van der Waals surface area contributed by atoms with Crippen LogP contribution in [0.1, 0.15) is 65.7 Å². The van der Waals surface area contributed by atoms with E-state index in [4.69, 9.17) is 9.47 Å². The molecule has 5 heteroatoms. The van der Waals surface area contributed by atoms with E-state index in [1.165, 1.54) is 57.2 Å². The van der Waals surface area contributed by atoms with Crippen molar-refractivity contribution in [1.29, 1.82) is 0 Å². The summed E-state index contributed by atoms with van der Waals surface area (Å²) in [6.45, 7) is 7.03. The normalized spacial score (nSPS) is 11.7. The molecule has 23 heavy (non-hydrogen) atoms. The van der Waals surface area contributed by atoms with E-state index in [1.54, 1.807) is 32.7 Å². The molecule has 2 radical (unpaired) electrons. The third kappa shape index (κ3) is 13.2. The number of halogens is 1. The van der Waals surface area contributed by atoms with Gasteiger partial charge in [-0.05, 0) is 25.7 Å². The zero-order valence-electron chi connectivity index (χ0n) is 16.2. The highest BCUT2D eigenvalue weighted by atomic mass is 127. The molecule has 0 heterocycles. The molecule has 0 aliphatic rings. The molecule has 0 atom stereocenters. The lowest BCUT2D eigenvalue weighted by atomic mass is 10.4. The first-order valence-corrected chi connectivity index (χ1v) is 13.1. The fourth-order valence-corrected chi connectivity index (χ4v) is 9.43. The first-order chi connectivity index (χ1) is 10.7. The Bertz CT molecular complexity index is 219. The molecule has 140 valence electrons. The van der Waals surface area contributed by atoms with E-state index in [0.717, 1.165) is 9.52 Å². The molecule has 0 spiro atoms. The molecule has 2 nitrogen and oxygen atoms in total. The van der Waals surface area contributed by atoms with Crippen molar-refractivity contribution in [3.8, 4) is 0 Å². The lowest BCUT2D eigenvalue weighted by Crippen LogP contribution is -3.00. The molecular formula is C18H40IO2PSi. The van der Waals surface area contributed by atoms with Gasteiger partial charge in [-0.2, -0.15) is 0 Å². The predicted molar refractivity (Wildman–Crippen MR) is 104 cm³/mol. The van der Waals surface area contributed by atoms with Crippen molar-refractivity contribution >= 4 is 16.8 Å². The second kappa shape index (κ2) is 18.1. The van der Waals surface area contributed by atoms with E-state index in [9.17, 15) is 0 Å². The number of hydrogen-bond donors (Lipinski definition) is 0. The summed E-state index contributed by atoms with van der Waals surface area (Å²) in [7, 11) is 3.59. The highest BCUT2D eigenvalue weighted by molar-refractivity contribution is 7.75. The molecule has 0 fully saturated rings. The van der Waals surface area contributed by atoms with Crippen LogP contribution in [0.4, 0.5) is 0 Å². The Morgan fingerprint density at radius 2 is 1.13 bits per heavy atom. The van der Waals surface area contributed by atoms with Crippen LogP contribution in [0.5, 0.6) is 0 Å². The van der Waals surface area contributed by atoms with Crippen molar-refractivity contribution in [2.45, 2.75) is 77.7 Å². The summed E-state index contributed by atoms with van der Waals surface area (Å²) >= 11 is 0. The van der Waals surface area contributed by atoms with Crippen LogP contribution in [0.15, 0.2) is 0 Å². The van der Waals surface area contributed by atoms with Crippen LogP contribution in [0.25, 0.3) is 0 Å². The quantitative estimate of drug-likeness (QED) is 0.113. The lowest BCUT2D eigenvalue weighted by molar-refractivity contribution is -0.0441. The summed E-state index contributed by atoms with van der Waals surface area (Å²) in [5, 5.41) is 0. The molecule has 0 N–H and O–H groups in total. The molecule has 0 aromatic carbocycles. The minimum atomic E-state index is -0.700. The summed E-state index contributed by atoms with van der Waals surface area (Å²) in [6, 6.07) is 1.28. The molecule has 0 aliphatic heterocycles. The van der Waals surface area contributed by atoms with Gasteiger partial charge in [0.15, 0.2) is 0 Å². The number of ether oxygens (including phenoxy) is 2. The Kier molecular flexibility index (Phi) is 20.9. The highest BCUT2D eigenvalue weighted by Gasteiger charge is 2.34. The van der Waals surface area contributed by atoms with E-state index in [1.807, 2.05) is 0 Å². The van der Waals surface area contributed by atoms with Gasteiger partial charge in [-0.25, -0.2) is 0 Å². The Labute approximate surface area is 166 Å². The van der Waals surface area contributed by atoms with Crippen molar-refractivity contribution < 1.29 is 33.5 Å². The molecule has 0 bridgehead atoms. The van der Waals surface area contributed by atoms with Crippen LogP contribution in [0.2, 0.25) is 6.04 Å². The Morgan fingerprint density at radius 1 is 0.739 bits per heavy atom. The number of methoxy groups -OCH3 is 2. The van der Waals surface area contributed by atoms with E-state index >= 15 is 0 Å². The van der Waals surface area contributed by atoms with Gasteiger partial charge in [-0.1, -0.05) is 46.1 Å². The topological polar surface area (TPSA) is 18.5 Å². The van der Waals surface area contributed by atoms with Crippen molar-refractivity contribution in [2.24, 2.45) is 0 Å². The lowest BCUT2D eigenvalue weighted by Gasteiger charge is -2.28. The summed E-state index contributed by atoms with van der Waals surface area (Å²) < 4.78 is 10.7. The van der Waals surface area contributed by atoms with Crippen LogP contribution >= 0.6 is 7.26 Å². The van der Waals surface area contributed by atoms with Crippen LogP contribution in [0.3, 0.4) is 0 Å². The Hall–Kier alpha value is 1.30. The molecular weight excluding hydrogens is 434 g/mol. The SMILES string of the molecule is CCCC[P+](CCCC)(CCCC)CCC[Si]C(OC)OC.[I-]. The Balaban J connectivity index is 0. The number of rotatable bonds is 16.